The maximum atomic E-state index is 12.4. The van der Waals surface area contributed by atoms with E-state index in [1.165, 1.54) is 6.08 Å². The molecule has 0 spiro atoms. The van der Waals surface area contributed by atoms with Crippen LogP contribution >= 0.6 is 23.4 Å². The Morgan fingerprint density at radius 2 is 1.82 bits per heavy atom. The molecule has 33 heavy (non-hydrogen) atoms. The summed E-state index contributed by atoms with van der Waals surface area (Å²) in [6, 6.07) is 14.1. The maximum Gasteiger partial charge on any atom is 0.283 e. The number of para-hydroxylation sites is 1. The Morgan fingerprint density at radius 3 is 2.52 bits per heavy atom. The molecule has 12 heteroatoms. The topological polar surface area (TPSA) is 121 Å². The number of amidine groups is 2. The van der Waals surface area contributed by atoms with Gasteiger partial charge in [0.25, 0.3) is 5.91 Å². The summed E-state index contributed by atoms with van der Waals surface area (Å²) in [5.41, 5.74) is 0.639. The van der Waals surface area contributed by atoms with Gasteiger partial charge in [-0.25, -0.2) is 8.42 Å². The van der Waals surface area contributed by atoms with Crippen LogP contribution in [0.25, 0.3) is 6.08 Å². The number of hydrogen-bond donors (Lipinski definition) is 1. The third-order valence-corrected chi connectivity index (χ3v) is 7.28. The van der Waals surface area contributed by atoms with E-state index in [0.717, 1.165) is 23.0 Å². The van der Waals surface area contributed by atoms with Gasteiger partial charge in [0, 0.05) is 6.26 Å². The second-order valence-corrected chi connectivity index (χ2v) is 10.4. The van der Waals surface area contributed by atoms with Crippen LogP contribution in [0.15, 0.2) is 64.2 Å². The van der Waals surface area contributed by atoms with Crippen LogP contribution < -0.4 is 9.47 Å². The summed E-state index contributed by atoms with van der Waals surface area (Å²) in [7, 11) is -3.58. The summed E-state index contributed by atoms with van der Waals surface area (Å²) in [4.78, 5) is 16.3. The fourth-order valence-electron chi connectivity index (χ4n) is 2.82. The molecule has 2 aliphatic rings. The van der Waals surface area contributed by atoms with Crippen LogP contribution in [0.3, 0.4) is 0 Å². The number of hydrogen-bond acceptors (Lipinski definition) is 8. The van der Waals surface area contributed by atoms with E-state index in [1.54, 1.807) is 36.4 Å². The zero-order valence-electron chi connectivity index (χ0n) is 17.2. The molecule has 0 aliphatic carbocycles. The van der Waals surface area contributed by atoms with Crippen LogP contribution in [-0.4, -0.2) is 54.2 Å². The standard InChI is InChI=1S/C21H17ClN4O5S2/c1-33(28,29)21-25-26-18(23)15(19(27)24-20(26)32-21)12-13-6-8-14(9-7-13)30-10-11-31-17-5-3-2-4-16(17)22/h2-9,12,23H,10-11H2,1H3/b15-12+,23-18?. The van der Waals surface area contributed by atoms with Crippen molar-refractivity contribution >= 4 is 60.6 Å². The number of ether oxygens (including phenoxy) is 2. The number of carbonyl (C=O) groups excluding carboxylic acids is 1. The highest BCUT2D eigenvalue weighted by Crippen LogP contribution is 2.30. The average molecular weight is 505 g/mol. The lowest BCUT2D eigenvalue weighted by atomic mass is 10.1. The van der Waals surface area contributed by atoms with E-state index in [9.17, 15) is 13.2 Å². The third-order valence-electron chi connectivity index (χ3n) is 4.39. The van der Waals surface area contributed by atoms with E-state index in [-0.39, 0.29) is 21.0 Å². The predicted molar refractivity (Wildman–Crippen MR) is 129 cm³/mol. The number of halogens is 1. The SMILES string of the molecule is CS(=O)(=O)C1=NN2C(=N)/C(=C\c3ccc(OCCOc4ccccc4Cl)cc3)C(=O)N=C2S1. The minimum absolute atomic E-state index is 0.000316. The van der Waals surface area contributed by atoms with Crippen LogP contribution in [0.5, 0.6) is 11.5 Å². The first-order valence-electron chi connectivity index (χ1n) is 9.53. The van der Waals surface area contributed by atoms with E-state index in [1.807, 2.05) is 12.1 Å². The summed E-state index contributed by atoms with van der Waals surface area (Å²) in [5, 5.41) is 13.8. The zero-order valence-corrected chi connectivity index (χ0v) is 19.6. The molecule has 0 unspecified atom stereocenters. The first kappa shape index (κ1) is 23.0. The molecule has 0 bridgehead atoms. The first-order chi connectivity index (χ1) is 15.7. The van der Waals surface area contributed by atoms with Crippen molar-refractivity contribution in [3.8, 4) is 11.5 Å². The van der Waals surface area contributed by atoms with Gasteiger partial charge in [-0.1, -0.05) is 35.9 Å². The number of aliphatic imine (C=N–C) groups is 1. The van der Waals surface area contributed by atoms with Gasteiger partial charge in [-0.2, -0.15) is 10.0 Å². The summed E-state index contributed by atoms with van der Waals surface area (Å²) >= 11 is 6.78. The van der Waals surface area contributed by atoms with Gasteiger partial charge in [-0.05, 0) is 47.7 Å². The number of rotatable bonds is 6. The Hall–Kier alpha value is -3.15. The Labute approximate surface area is 199 Å². The fourth-order valence-corrected chi connectivity index (χ4v) is 4.70. The number of nitrogens with one attached hydrogen (secondary N) is 1. The monoisotopic (exact) mass is 504 g/mol. The highest BCUT2D eigenvalue weighted by Gasteiger charge is 2.38. The van der Waals surface area contributed by atoms with Crippen LogP contribution in [0.4, 0.5) is 0 Å². The van der Waals surface area contributed by atoms with Gasteiger partial charge in [-0.15, -0.1) is 5.10 Å². The number of amides is 1. The highest BCUT2D eigenvalue weighted by atomic mass is 35.5. The van der Waals surface area contributed by atoms with Gasteiger partial charge in [0.1, 0.15) is 24.7 Å². The lowest BCUT2D eigenvalue weighted by Gasteiger charge is -2.20. The second-order valence-electron chi connectivity index (χ2n) is 6.85. The van der Waals surface area contributed by atoms with E-state index in [4.69, 9.17) is 26.5 Å². The fraction of sp³-hybridized carbons (Fsp3) is 0.143. The molecular weight excluding hydrogens is 488 g/mol. The van der Waals surface area contributed by atoms with Crippen LogP contribution in [0.2, 0.25) is 5.02 Å². The van der Waals surface area contributed by atoms with Crippen molar-refractivity contribution in [3.05, 3.63) is 64.7 Å². The zero-order chi connectivity index (χ0) is 23.6. The lowest BCUT2D eigenvalue weighted by Crippen LogP contribution is -2.35. The molecule has 0 fully saturated rings. The predicted octanol–water partition coefficient (Wildman–Crippen LogP) is 3.42. The van der Waals surface area contributed by atoms with Gasteiger partial charge in [-0.3, -0.25) is 10.2 Å². The Morgan fingerprint density at radius 1 is 1.12 bits per heavy atom. The molecule has 2 aromatic carbocycles. The molecule has 170 valence electrons. The number of hydrazone groups is 1. The molecule has 0 aromatic heterocycles. The van der Waals surface area contributed by atoms with Crippen molar-refractivity contribution in [1.29, 1.82) is 5.41 Å². The van der Waals surface area contributed by atoms with E-state index in [0.29, 0.717) is 35.3 Å². The van der Waals surface area contributed by atoms with Crippen molar-refractivity contribution in [1.82, 2.24) is 5.01 Å². The number of nitrogens with zero attached hydrogens (tertiary/aromatic N) is 3. The van der Waals surface area contributed by atoms with Crippen molar-refractivity contribution < 1.29 is 22.7 Å². The molecule has 9 nitrogen and oxygen atoms in total. The van der Waals surface area contributed by atoms with Gasteiger partial charge in [0.05, 0.1) is 10.6 Å². The van der Waals surface area contributed by atoms with Crippen molar-refractivity contribution in [3.63, 3.8) is 0 Å². The molecule has 0 radical (unpaired) electrons. The highest BCUT2D eigenvalue weighted by molar-refractivity contribution is 8.42. The average Bonchev–Trinajstić information content (AvgIpc) is 3.21. The molecule has 2 aromatic rings. The number of benzene rings is 2. The lowest BCUT2D eigenvalue weighted by molar-refractivity contribution is -0.114. The number of fused-ring (bicyclic) bond motifs is 1. The van der Waals surface area contributed by atoms with Gasteiger partial charge in [0.2, 0.25) is 19.4 Å². The number of carbonyl (C=O) groups is 1. The molecule has 2 heterocycles. The minimum atomic E-state index is -3.58. The molecule has 0 atom stereocenters. The first-order valence-corrected chi connectivity index (χ1v) is 12.6. The Balaban J connectivity index is 1.39. The van der Waals surface area contributed by atoms with Crippen molar-refractivity contribution in [2.75, 3.05) is 19.5 Å². The Kier molecular flexibility index (Phi) is 6.54. The van der Waals surface area contributed by atoms with E-state index < -0.39 is 15.7 Å². The molecule has 1 N–H and O–H groups in total. The summed E-state index contributed by atoms with van der Waals surface area (Å²) in [6.45, 7) is 0.616. The van der Waals surface area contributed by atoms with Crippen LogP contribution in [-0.2, 0) is 14.6 Å². The number of sulfone groups is 1. The van der Waals surface area contributed by atoms with Gasteiger partial charge < -0.3 is 9.47 Å². The second kappa shape index (κ2) is 9.38. The van der Waals surface area contributed by atoms with Crippen molar-refractivity contribution in [2.24, 2.45) is 10.1 Å². The van der Waals surface area contributed by atoms with E-state index >= 15 is 0 Å². The summed E-state index contributed by atoms with van der Waals surface area (Å²) < 4.78 is 34.5. The van der Waals surface area contributed by atoms with Gasteiger partial charge in [0.15, 0.2) is 5.84 Å². The van der Waals surface area contributed by atoms with Crippen molar-refractivity contribution in [2.45, 2.75) is 0 Å². The molecule has 1 amide bonds. The van der Waals surface area contributed by atoms with Gasteiger partial charge >= 0.3 is 0 Å². The molecule has 0 saturated carbocycles. The molecule has 2 aliphatic heterocycles. The molecule has 0 saturated heterocycles. The summed E-state index contributed by atoms with van der Waals surface area (Å²) in [5.74, 6) is 0.303. The number of thioether (sulfide) groups is 1. The molecule has 4 rings (SSSR count). The summed E-state index contributed by atoms with van der Waals surface area (Å²) in [6.07, 6.45) is 2.50. The minimum Gasteiger partial charge on any atom is -0.490 e. The van der Waals surface area contributed by atoms with E-state index in [2.05, 4.69) is 10.1 Å². The third kappa shape index (κ3) is 5.27. The maximum absolute atomic E-state index is 12.4. The van der Waals surface area contributed by atoms with Crippen LogP contribution in [0.1, 0.15) is 5.56 Å². The Bertz CT molecular complexity index is 1320. The molecular formula is C21H17ClN4O5S2. The smallest absolute Gasteiger partial charge is 0.283 e. The quantitative estimate of drug-likeness (QED) is 0.472. The largest absolute Gasteiger partial charge is 0.490 e. The van der Waals surface area contributed by atoms with Crippen LogP contribution in [0, 0.1) is 5.41 Å². The normalized spacial score (nSPS) is 17.0.